The van der Waals surface area contributed by atoms with Crippen molar-refractivity contribution in [3.8, 4) is 0 Å². The summed E-state index contributed by atoms with van der Waals surface area (Å²) in [6.45, 7) is 8.80. The fourth-order valence-electron chi connectivity index (χ4n) is 3.46. The molecule has 0 aromatic heterocycles. The molecule has 116 valence electrons. The van der Waals surface area contributed by atoms with E-state index in [2.05, 4.69) is 22.0 Å². The Hall–Kier alpha value is -0.650. The Morgan fingerprint density at radius 1 is 1.35 bits per heavy atom. The molecule has 0 spiro atoms. The number of nitrogens with one attached hydrogen (secondary N) is 1. The normalized spacial score (nSPS) is 26.1. The van der Waals surface area contributed by atoms with Crippen molar-refractivity contribution >= 4 is 5.91 Å². The van der Waals surface area contributed by atoms with Crippen molar-refractivity contribution in [2.45, 2.75) is 51.1 Å². The summed E-state index contributed by atoms with van der Waals surface area (Å²) in [5, 5.41) is 3.26. The first-order valence-corrected chi connectivity index (χ1v) is 8.19. The second-order valence-electron chi connectivity index (χ2n) is 6.18. The van der Waals surface area contributed by atoms with Crippen molar-refractivity contribution in [2.24, 2.45) is 5.73 Å². The lowest BCUT2D eigenvalue weighted by Gasteiger charge is -2.26. The molecule has 0 bridgehead atoms. The quantitative estimate of drug-likeness (QED) is 0.709. The largest absolute Gasteiger partial charge is 0.368 e. The average Bonchev–Trinajstić information content (AvgIpc) is 2.77. The summed E-state index contributed by atoms with van der Waals surface area (Å²) in [6.07, 6.45) is 5.80. The van der Waals surface area contributed by atoms with E-state index in [4.69, 9.17) is 5.73 Å². The molecule has 2 aliphatic rings. The first-order valence-electron chi connectivity index (χ1n) is 8.19. The van der Waals surface area contributed by atoms with E-state index in [9.17, 15) is 4.79 Å². The van der Waals surface area contributed by atoms with Crippen LogP contribution in [0.25, 0.3) is 0 Å². The van der Waals surface area contributed by atoms with Gasteiger partial charge in [0, 0.05) is 19.1 Å². The van der Waals surface area contributed by atoms with E-state index in [0.29, 0.717) is 0 Å². The van der Waals surface area contributed by atoms with Gasteiger partial charge < -0.3 is 16.0 Å². The molecule has 0 aromatic rings. The summed E-state index contributed by atoms with van der Waals surface area (Å²) in [6, 6.07) is 0.575. The maximum Gasteiger partial charge on any atom is 0.234 e. The lowest BCUT2D eigenvalue weighted by molar-refractivity contribution is -0.120. The van der Waals surface area contributed by atoms with Crippen molar-refractivity contribution in [1.29, 1.82) is 0 Å². The molecular formula is C15H30N4O. The monoisotopic (exact) mass is 282 g/mol. The van der Waals surface area contributed by atoms with Gasteiger partial charge in [0.05, 0.1) is 6.04 Å². The Bertz CT molecular complexity index is 310. The van der Waals surface area contributed by atoms with Crippen LogP contribution in [-0.2, 0) is 4.79 Å². The highest BCUT2D eigenvalue weighted by molar-refractivity contribution is 5.79. The van der Waals surface area contributed by atoms with Crippen LogP contribution in [0.3, 0.4) is 0 Å². The van der Waals surface area contributed by atoms with Crippen LogP contribution in [-0.4, -0.2) is 67.1 Å². The van der Waals surface area contributed by atoms with Gasteiger partial charge in [0.15, 0.2) is 0 Å². The van der Waals surface area contributed by atoms with E-state index in [1.807, 2.05) is 0 Å². The van der Waals surface area contributed by atoms with Gasteiger partial charge in [-0.25, -0.2) is 0 Å². The van der Waals surface area contributed by atoms with Crippen molar-refractivity contribution in [2.75, 3.05) is 39.3 Å². The molecule has 2 heterocycles. The van der Waals surface area contributed by atoms with Crippen LogP contribution < -0.4 is 11.1 Å². The van der Waals surface area contributed by atoms with Gasteiger partial charge in [-0.3, -0.25) is 9.69 Å². The van der Waals surface area contributed by atoms with Crippen LogP contribution in [0.15, 0.2) is 0 Å². The third-order valence-corrected chi connectivity index (χ3v) is 4.61. The van der Waals surface area contributed by atoms with Crippen LogP contribution in [0.4, 0.5) is 0 Å². The smallest absolute Gasteiger partial charge is 0.234 e. The number of hydrogen-bond donors (Lipinski definition) is 2. The van der Waals surface area contributed by atoms with Crippen molar-refractivity contribution in [1.82, 2.24) is 15.1 Å². The zero-order valence-electron chi connectivity index (χ0n) is 12.8. The zero-order valence-corrected chi connectivity index (χ0v) is 12.8. The summed E-state index contributed by atoms with van der Waals surface area (Å²) in [7, 11) is 0. The van der Waals surface area contributed by atoms with Gasteiger partial charge in [0.2, 0.25) is 5.91 Å². The fourth-order valence-corrected chi connectivity index (χ4v) is 3.46. The number of rotatable bonds is 7. The van der Waals surface area contributed by atoms with E-state index in [-0.39, 0.29) is 11.9 Å². The molecule has 2 unspecified atom stereocenters. The SMILES string of the molecule is CCCNC(CCN1CCCN2CCCC2C1)C(N)=O. The topological polar surface area (TPSA) is 61.6 Å². The lowest BCUT2D eigenvalue weighted by atomic mass is 10.1. The maximum atomic E-state index is 11.5. The fraction of sp³-hybridized carbons (Fsp3) is 0.933. The van der Waals surface area contributed by atoms with E-state index >= 15 is 0 Å². The molecule has 0 aromatic carbocycles. The molecule has 3 N–H and O–H groups in total. The molecule has 5 nitrogen and oxygen atoms in total. The van der Waals surface area contributed by atoms with Gasteiger partial charge in [-0.15, -0.1) is 0 Å². The Balaban J connectivity index is 1.77. The van der Waals surface area contributed by atoms with Gasteiger partial charge in [0.25, 0.3) is 0 Å². The summed E-state index contributed by atoms with van der Waals surface area (Å²) >= 11 is 0. The molecule has 0 aliphatic carbocycles. The van der Waals surface area contributed by atoms with Crippen LogP contribution in [0.1, 0.15) is 39.0 Å². The molecule has 2 atom stereocenters. The number of nitrogens with two attached hydrogens (primary N) is 1. The van der Waals surface area contributed by atoms with Crippen molar-refractivity contribution in [3.63, 3.8) is 0 Å². The van der Waals surface area contributed by atoms with Crippen LogP contribution in [0.2, 0.25) is 0 Å². The van der Waals surface area contributed by atoms with Gasteiger partial charge in [-0.2, -0.15) is 0 Å². The first kappa shape index (κ1) is 15.7. The third-order valence-electron chi connectivity index (χ3n) is 4.61. The minimum absolute atomic E-state index is 0.169. The van der Waals surface area contributed by atoms with Gasteiger partial charge in [0.1, 0.15) is 0 Å². The van der Waals surface area contributed by atoms with Gasteiger partial charge in [-0.1, -0.05) is 6.92 Å². The maximum absolute atomic E-state index is 11.5. The molecule has 0 radical (unpaired) electrons. The summed E-state index contributed by atoms with van der Waals surface area (Å²) in [5.41, 5.74) is 5.48. The minimum atomic E-state index is -0.212. The average molecular weight is 282 g/mol. The Kier molecular flexibility index (Phi) is 6.26. The Morgan fingerprint density at radius 2 is 2.15 bits per heavy atom. The van der Waals surface area contributed by atoms with E-state index in [0.717, 1.165) is 38.5 Å². The summed E-state index contributed by atoms with van der Waals surface area (Å²) in [5.74, 6) is -0.212. The van der Waals surface area contributed by atoms with Crippen LogP contribution in [0.5, 0.6) is 0 Å². The highest BCUT2D eigenvalue weighted by Gasteiger charge is 2.28. The van der Waals surface area contributed by atoms with Gasteiger partial charge in [-0.05, 0) is 58.3 Å². The van der Waals surface area contributed by atoms with Gasteiger partial charge >= 0.3 is 0 Å². The number of carbonyl (C=O) groups is 1. The third kappa shape index (κ3) is 4.43. The molecule has 5 heteroatoms. The summed E-state index contributed by atoms with van der Waals surface area (Å²) < 4.78 is 0. The molecule has 2 aliphatic heterocycles. The Morgan fingerprint density at radius 3 is 2.90 bits per heavy atom. The molecule has 0 saturated carbocycles. The molecule has 20 heavy (non-hydrogen) atoms. The number of amides is 1. The number of carbonyl (C=O) groups excluding carboxylic acids is 1. The lowest BCUT2D eigenvalue weighted by Crippen LogP contribution is -2.45. The number of hydrogen-bond acceptors (Lipinski definition) is 4. The molecule has 2 fully saturated rings. The molecule has 1 amide bonds. The minimum Gasteiger partial charge on any atom is -0.368 e. The van der Waals surface area contributed by atoms with E-state index in [1.54, 1.807) is 0 Å². The predicted octanol–water partition coefficient (Wildman–Crippen LogP) is 0.400. The highest BCUT2D eigenvalue weighted by atomic mass is 16.1. The zero-order chi connectivity index (χ0) is 14.4. The first-order chi connectivity index (χ1) is 9.70. The number of primary amides is 1. The summed E-state index contributed by atoms with van der Waals surface area (Å²) in [4.78, 5) is 16.6. The van der Waals surface area contributed by atoms with Crippen molar-refractivity contribution in [3.05, 3.63) is 0 Å². The second kappa shape index (κ2) is 7.96. The predicted molar refractivity (Wildman–Crippen MR) is 81.5 cm³/mol. The van der Waals surface area contributed by atoms with Crippen molar-refractivity contribution < 1.29 is 4.79 Å². The second-order valence-corrected chi connectivity index (χ2v) is 6.18. The van der Waals surface area contributed by atoms with E-state index in [1.165, 1.54) is 38.9 Å². The Labute approximate surface area is 122 Å². The molecule has 2 rings (SSSR count). The van der Waals surface area contributed by atoms with Crippen LogP contribution in [0, 0.1) is 0 Å². The molecule has 2 saturated heterocycles. The number of nitrogens with zero attached hydrogens (tertiary/aromatic N) is 2. The molecular weight excluding hydrogens is 252 g/mol. The standard InChI is InChI=1S/C15H30N4O/c1-2-7-17-14(15(16)20)6-11-18-8-4-10-19-9-3-5-13(19)12-18/h13-14,17H,2-12H2,1H3,(H2,16,20). The van der Waals surface area contributed by atoms with Crippen LogP contribution >= 0.6 is 0 Å². The number of fused-ring (bicyclic) bond motifs is 1. The highest BCUT2D eigenvalue weighted by Crippen LogP contribution is 2.21. The van der Waals surface area contributed by atoms with E-state index < -0.39 is 0 Å².